The number of piperidine rings is 1. The van der Waals surface area contributed by atoms with Crippen LogP contribution < -0.4 is 4.74 Å². The summed E-state index contributed by atoms with van der Waals surface area (Å²) in [6.45, 7) is 10.2. The lowest BCUT2D eigenvalue weighted by Crippen LogP contribution is -2.61. The van der Waals surface area contributed by atoms with Crippen LogP contribution in [-0.4, -0.2) is 64.6 Å². The smallest absolute Gasteiger partial charge is 0.309 e. The van der Waals surface area contributed by atoms with Crippen LogP contribution in [0.4, 0.5) is 0 Å². The Balaban J connectivity index is 1.10. The summed E-state index contributed by atoms with van der Waals surface area (Å²) in [5.74, 6) is 2.84. The van der Waals surface area contributed by atoms with Crippen molar-refractivity contribution < 1.29 is 19.5 Å². The highest BCUT2D eigenvalue weighted by Crippen LogP contribution is 2.49. The molecule has 0 atom stereocenters. The summed E-state index contributed by atoms with van der Waals surface area (Å²) < 4.78 is 6.35. The van der Waals surface area contributed by atoms with E-state index in [0.717, 1.165) is 62.6 Å². The number of amidine groups is 1. The monoisotopic (exact) mass is 495 g/mol. The van der Waals surface area contributed by atoms with Gasteiger partial charge in [-0.05, 0) is 88.3 Å². The van der Waals surface area contributed by atoms with Crippen LogP contribution in [0.15, 0.2) is 17.3 Å². The van der Waals surface area contributed by atoms with Gasteiger partial charge in [0.2, 0.25) is 0 Å². The molecule has 1 spiro atoms. The van der Waals surface area contributed by atoms with Gasteiger partial charge in [0.25, 0.3) is 0 Å². The molecule has 7 nitrogen and oxygen atoms in total. The number of carbonyl (C=O) groups is 1. The number of oxime groups is 1. The fourth-order valence-electron chi connectivity index (χ4n) is 6.40. The number of ether oxygens (including phenoxy) is 1. The van der Waals surface area contributed by atoms with Gasteiger partial charge in [0.15, 0.2) is 5.60 Å². The maximum absolute atomic E-state index is 11.6. The molecule has 6 rings (SSSR count). The minimum absolute atomic E-state index is 0.161. The van der Waals surface area contributed by atoms with Crippen molar-refractivity contribution in [1.29, 1.82) is 0 Å². The first-order valence-electron chi connectivity index (χ1n) is 14.0. The number of rotatable bonds is 7. The third-order valence-corrected chi connectivity index (χ3v) is 9.18. The molecule has 4 fully saturated rings. The summed E-state index contributed by atoms with van der Waals surface area (Å²) in [6, 6.07) is 4.86. The fraction of sp³-hybridized carbons (Fsp3) is 0.724. The van der Waals surface area contributed by atoms with Crippen LogP contribution in [0.25, 0.3) is 0 Å². The molecule has 5 aliphatic rings. The molecule has 0 amide bonds. The van der Waals surface area contributed by atoms with E-state index in [1.807, 2.05) is 6.92 Å². The molecule has 0 radical (unpaired) electrons. The van der Waals surface area contributed by atoms with E-state index in [1.54, 1.807) is 11.1 Å². The minimum atomic E-state index is -0.691. The lowest BCUT2D eigenvalue weighted by Gasteiger charge is -2.46. The Bertz CT molecular complexity index is 1040. The molecule has 196 valence electrons. The van der Waals surface area contributed by atoms with Crippen molar-refractivity contribution in [2.45, 2.75) is 102 Å². The molecule has 0 aromatic heterocycles. The first-order chi connectivity index (χ1) is 17.2. The second-order valence-corrected chi connectivity index (χ2v) is 12.6. The molecule has 36 heavy (non-hydrogen) atoms. The molecule has 2 aliphatic carbocycles. The van der Waals surface area contributed by atoms with Gasteiger partial charge in [-0.15, -0.1) is 0 Å². The van der Waals surface area contributed by atoms with Crippen molar-refractivity contribution in [1.82, 2.24) is 9.80 Å². The van der Waals surface area contributed by atoms with Crippen LogP contribution in [0, 0.1) is 5.41 Å². The number of carboxylic acids is 1. The number of aliphatic carboxylic acids is 1. The van der Waals surface area contributed by atoms with E-state index in [1.165, 1.54) is 37.7 Å². The lowest BCUT2D eigenvalue weighted by molar-refractivity contribution is -0.150. The van der Waals surface area contributed by atoms with Crippen LogP contribution in [0.1, 0.15) is 101 Å². The van der Waals surface area contributed by atoms with E-state index in [4.69, 9.17) is 9.57 Å². The third-order valence-electron chi connectivity index (χ3n) is 9.18. The average Bonchev–Trinajstić information content (AvgIpc) is 3.52. The number of carboxylic acid groups (broad SMARTS) is 1. The zero-order valence-corrected chi connectivity index (χ0v) is 22.1. The van der Waals surface area contributed by atoms with Crippen LogP contribution in [0.3, 0.4) is 0 Å². The summed E-state index contributed by atoms with van der Waals surface area (Å²) in [6.07, 6.45) is 8.93. The Kier molecular flexibility index (Phi) is 5.97. The molecule has 0 unspecified atom stereocenters. The average molecular weight is 496 g/mol. The molecule has 2 saturated carbocycles. The lowest BCUT2D eigenvalue weighted by atomic mass is 9.77. The molecular formula is C29H41N3O4. The van der Waals surface area contributed by atoms with Gasteiger partial charge in [-0.25, -0.2) is 0 Å². The Hall–Kier alpha value is -2.28. The summed E-state index contributed by atoms with van der Waals surface area (Å²) in [5, 5.41) is 14.0. The third kappa shape index (κ3) is 4.48. The normalized spacial score (nSPS) is 25.3. The van der Waals surface area contributed by atoms with Crippen molar-refractivity contribution in [3.8, 4) is 5.75 Å². The van der Waals surface area contributed by atoms with E-state index in [-0.39, 0.29) is 11.7 Å². The summed E-state index contributed by atoms with van der Waals surface area (Å²) in [4.78, 5) is 22.3. The molecule has 3 heterocycles. The van der Waals surface area contributed by atoms with Gasteiger partial charge in [-0.3, -0.25) is 9.69 Å². The van der Waals surface area contributed by atoms with E-state index in [9.17, 15) is 9.90 Å². The maximum Gasteiger partial charge on any atom is 0.309 e. The van der Waals surface area contributed by atoms with Gasteiger partial charge in [0.1, 0.15) is 11.6 Å². The highest BCUT2D eigenvalue weighted by Gasteiger charge is 2.51. The van der Waals surface area contributed by atoms with Crippen molar-refractivity contribution in [2.75, 3.05) is 26.2 Å². The Morgan fingerprint density at radius 1 is 1.14 bits per heavy atom. The largest absolute Gasteiger partial charge is 0.491 e. The fourth-order valence-corrected chi connectivity index (χ4v) is 6.40. The Morgan fingerprint density at radius 2 is 1.81 bits per heavy atom. The molecule has 1 N–H and O–H groups in total. The molecule has 3 aliphatic heterocycles. The van der Waals surface area contributed by atoms with E-state index < -0.39 is 11.4 Å². The van der Waals surface area contributed by atoms with Gasteiger partial charge < -0.3 is 19.6 Å². The first-order valence-corrected chi connectivity index (χ1v) is 14.0. The van der Waals surface area contributed by atoms with Crippen molar-refractivity contribution >= 4 is 11.8 Å². The zero-order valence-electron chi connectivity index (χ0n) is 22.1. The SMILES string of the molecule is CC(C)Oc1cc(C2CCC2)c(C2CC2)cc1CN1CC2(CC(N3CCC(C)(C(=O)O)CC3)=NO2)C1. The quantitative estimate of drug-likeness (QED) is 0.568. The molecule has 2 saturated heterocycles. The van der Waals surface area contributed by atoms with Crippen LogP contribution in [0.5, 0.6) is 5.75 Å². The number of nitrogens with zero attached hydrogens (tertiary/aromatic N) is 3. The van der Waals surface area contributed by atoms with Crippen molar-refractivity contribution in [3.63, 3.8) is 0 Å². The van der Waals surface area contributed by atoms with Gasteiger partial charge >= 0.3 is 5.97 Å². The van der Waals surface area contributed by atoms with Crippen LogP contribution in [0.2, 0.25) is 0 Å². The van der Waals surface area contributed by atoms with Crippen LogP contribution in [-0.2, 0) is 16.2 Å². The molecule has 1 aromatic carbocycles. The van der Waals surface area contributed by atoms with Gasteiger partial charge in [0, 0.05) is 38.3 Å². The van der Waals surface area contributed by atoms with E-state index in [2.05, 4.69) is 40.9 Å². The maximum atomic E-state index is 11.6. The second kappa shape index (κ2) is 8.93. The number of hydrogen-bond acceptors (Lipinski definition) is 6. The van der Waals surface area contributed by atoms with Crippen LogP contribution >= 0.6 is 0 Å². The molecule has 1 aromatic rings. The van der Waals surface area contributed by atoms with Gasteiger partial charge in [-0.1, -0.05) is 17.6 Å². The molecule has 0 bridgehead atoms. The topological polar surface area (TPSA) is 74.6 Å². The van der Waals surface area contributed by atoms with E-state index >= 15 is 0 Å². The number of benzene rings is 1. The Labute approximate surface area is 214 Å². The summed E-state index contributed by atoms with van der Waals surface area (Å²) in [5.41, 5.74) is 3.60. The second-order valence-electron chi connectivity index (χ2n) is 12.6. The number of likely N-dealkylation sites (tertiary alicyclic amines) is 2. The van der Waals surface area contributed by atoms with Gasteiger partial charge in [-0.2, -0.15) is 0 Å². The van der Waals surface area contributed by atoms with Crippen molar-refractivity contribution in [2.24, 2.45) is 10.6 Å². The molecule has 7 heteroatoms. The predicted molar refractivity (Wildman–Crippen MR) is 138 cm³/mol. The highest BCUT2D eigenvalue weighted by molar-refractivity contribution is 5.85. The molecular weight excluding hydrogens is 454 g/mol. The predicted octanol–water partition coefficient (Wildman–Crippen LogP) is 5.09. The van der Waals surface area contributed by atoms with Gasteiger partial charge in [0.05, 0.1) is 17.9 Å². The van der Waals surface area contributed by atoms with E-state index in [0.29, 0.717) is 12.8 Å². The Morgan fingerprint density at radius 3 is 2.39 bits per heavy atom. The van der Waals surface area contributed by atoms with Crippen molar-refractivity contribution in [3.05, 3.63) is 28.8 Å². The zero-order chi connectivity index (χ0) is 25.1. The summed E-state index contributed by atoms with van der Waals surface area (Å²) in [7, 11) is 0. The minimum Gasteiger partial charge on any atom is -0.491 e. The number of hydrogen-bond donors (Lipinski definition) is 1. The standard InChI is InChI=1S/C29H41N3O4/c1-19(2)35-25-14-24(20-5-4-6-20)23(21-7-8-21)13-22(25)16-31-17-29(18-31)15-26(30-36-29)32-11-9-28(3,10-12-32)27(33)34/h13-14,19-21H,4-12,15-18H2,1-3H3,(H,33,34). The summed E-state index contributed by atoms with van der Waals surface area (Å²) >= 11 is 0. The highest BCUT2D eigenvalue weighted by atomic mass is 16.7. The first kappa shape index (κ1) is 24.1.